The van der Waals surface area contributed by atoms with Crippen molar-refractivity contribution in [3.05, 3.63) is 47.5 Å². The molecule has 0 saturated carbocycles. The molecule has 0 aliphatic carbocycles. The molecular weight excluding hydrogens is 308 g/mol. The first-order valence-corrected chi connectivity index (χ1v) is 7.57. The van der Waals surface area contributed by atoms with E-state index in [1.165, 1.54) is 7.11 Å². The van der Waals surface area contributed by atoms with E-state index in [1.54, 1.807) is 43.5 Å². The number of hydrogen-bond acceptors (Lipinski definition) is 4. The van der Waals surface area contributed by atoms with Crippen molar-refractivity contribution < 1.29 is 19.1 Å². The van der Waals surface area contributed by atoms with Crippen molar-refractivity contribution in [3.8, 4) is 11.5 Å². The lowest BCUT2D eigenvalue weighted by molar-refractivity contribution is -0.116. The van der Waals surface area contributed by atoms with Crippen LogP contribution < -0.4 is 20.1 Å². The molecule has 0 atom stereocenters. The quantitative estimate of drug-likeness (QED) is 0.906. The molecule has 6 heteroatoms. The summed E-state index contributed by atoms with van der Waals surface area (Å²) in [5, 5.41) is 5.64. The van der Waals surface area contributed by atoms with Gasteiger partial charge < -0.3 is 20.1 Å². The lowest BCUT2D eigenvalue weighted by Crippen LogP contribution is -2.20. The van der Waals surface area contributed by atoms with Crippen LogP contribution in [0.25, 0.3) is 0 Å². The van der Waals surface area contributed by atoms with Gasteiger partial charge in [0.15, 0.2) is 0 Å². The largest absolute Gasteiger partial charge is 0.497 e. The van der Waals surface area contributed by atoms with Crippen molar-refractivity contribution in [1.29, 1.82) is 0 Å². The molecule has 2 N–H and O–H groups in total. The van der Waals surface area contributed by atoms with Gasteiger partial charge in [0.2, 0.25) is 5.91 Å². The number of ether oxygens (including phenoxy) is 2. The van der Waals surface area contributed by atoms with E-state index in [-0.39, 0.29) is 11.8 Å². The van der Waals surface area contributed by atoms with Crippen LogP contribution >= 0.6 is 0 Å². The van der Waals surface area contributed by atoms with E-state index in [4.69, 9.17) is 9.47 Å². The number of fused-ring (bicyclic) bond motifs is 1. The fourth-order valence-corrected chi connectivity index (χ4v) is 2.62. The Bertz CT molecular complexity index is 802. The monoisotopic (exact) mass is 326 g/mol. The first kappa shape index (κ1) is 15.9. The highest BCUT2D eigenvalue weighted by molar-refractivity contribution is 6.06. The van der Waals surface area contributed by atoms with E-state index in [0.717, 1.165) is 11.3 Å². The number of carbonyl (C=O) groups is 2. The zero-order chi connectivity index (χ0) is 17.1. The normalized spacial score (nSPS) is 12.8. The van der Waals surface area contributed by atoms with Gasteiger partial charge in [-0.05, 0) is 42.3 Å². The number of carbonyl (C=O) groups excluding carboxylic acids is 2. The van der Waals surface area contributed by atoms with Gasteiger partial charge in [0.1, 0.15) is 11.5 Å². The van der Waals surface area contributed by atoms with Crippen molar-refractivity contribution >= 4 is 23.2 Å². The maximum absolute atomic E-state index is 12.5. The molecule has 0 fully saturated rings. The third-order valence-electron chi connectivity index (χ3n) is 3.92. The first-order valence-electron chi connectivity index (χ1n) is 7.57. The minimum absolute atomic E-state index is 0.00247. The average Bonchev–Trinajstić information content (AvgIpc) is 2.61. The summed E-state index contributed by atoms with van der Waals surface area (Å²) in [5.74, 6) is 0.933. The fourth-order valence-electron chi connectivity index (χ4n) is 2.62. The lowest BCUT2D eigenvalue weighted by atomic mass is 10.00. The average molecular weight is 326 g/mol. The predicted octanol–water partition coefficient (Wildman–Crippen LogP) is 2.84. The Kier molecular flexibility index (Phi) is 4.37. The SMILES string of the molecule is COc1ccc(NC(=O)c2ccc3c(c2)CCC(=O)N3)c(OC)c1. The van der Waals surface area contributed by atoms with E-state index in [9.17, 15) is 9.59 Å². The topological polar surface area (TPSA) is 76.7 Å². The van der Waals surface area contributed by atoms with E-state index in [2.05, 4.69) is 10.6 Å². The Morgan fingerprint density at radius 3 is 2.67 bits per heavy atom. The molecule has 2 amide bonds. The molecule has 2 aromatic rings. The maximum atomic E-state index is 12.5. The first-order chi connectivity index (χ1) is 11.6. The maximum Gasteiger partial charge on any atom is 0.255 e. The van der Waals surface area contributed by atoms with Gasteiger partial charge in [-0.25, -0.2) is 0 Å². The second kappa shape index (κ2) is 6.62. The Morgan fingerprint density at radius 1 is 1.08 bits per heavy atom. The van der Waals surface area contributed by atoms with Gasteiger partial charge in [-0.15, -0.1) is 0 Å². The molecule has 124 valence electrons. The second-order valence-corrected chi connectivity index (χ2v) is 5.44. The molecular formula is C18H18N2O4. The molecule has 0 bridgehead atoms. The van der Waals surface area contributed by atoms with E-state index in [1.807, 2.05) is 0 Å². The smallest absolute Gasteiger partial charge is 0.255 e. The number of anilines is 2. The zero-order valence-electron chi connectivity index (χ0n) is 13.5. The van der Waals surface area contributed by atoms with Gasteiger partial charge in [-0.3, -0.25) is 9.59 Å². The van der Waals surface area contributed by atoms with Crippen LogP contribution in [-0.2, 0) is 11.2 Å². The molecule has 0 spiro atoms. The van der Waals surface area contributed by atoms with Crippen LogP contribution in [-0.4, -0.2) is 26.0 Å². The van der Waals surface area contributed by atoms with Gasteiger partial charge in [0, 0.05) is 23.7 Å². The standard InChI is InChI=1S/C18H18N2O4/c1-23-13-5-7-15(16(10-13)24-2)20-18(22)12-3-6-14-11(9-12)4-8-17(21)19-14/h3,5-7,9-10H,4,8H2,1-2H3,(H,19,21)(H,20,22). The predicted molar refractivity (Wildman–Crippen MR) is 90.9 cm³/mol. The van der Waals surface area contributed by atoms with Crippen molar-refractivity contribution in [2.75, 3.05) is 24.9 Å². The van der Waals surface area contributed by atoms with Crippen LogP contribution in [0, 0.1) is 0 Å². The van der Waals surface area contributed by atoms with Crippen molar-refractivity contribution in [2.24, 2.45) is 0 Å². The fraction of sp³-hybridized carbons (Fsp3) is 0.222. The molecule has 1 aliphatic heterocycles. The van der Waals surface area contributed by atoms with Crippen LogP contribution in [0.3, 0.4) is 0 Å². The summed E-state index contributed by atoms with van der Waals surface area (Å²) in [5.41, 5.74) is 2.82. The van der Waals surface area contributed by atoms with Crippen molar-refractivity contribution in [2.45, 2.75) is 12.8 Å². The summed E-state index contributed by atoms with van der Waals surface area (Å²) in [6, 6.07) is 10.4. The summed E-state index contributed by atoms with van der Waals surface area (Å²) in [6.45, 7) is 0. The van der Waals surface area contributed by atoms with E-state index >= 15 is 0 Å². The van der Waals surface area contributed by atoms with Crippen LogP contribution in [0.4, 0.5) is 11.4 Å². The molecule has 2 aromatic carbocycles. The highest BCUT2D eigenvalue weighted by atomic mass is 16.5. The summed E-state index contributed by atoms with van der Waals surface area (Å²) in [6.07, 6.45) is 1.07. The molecule has 1 heterocycles. The lowest BCUT2D eigenvalue weighted by Gasteiger charge is -2.17. The number of benzene rings is 2. The highest BCUT2D eigenvalue weighted by Gasteiger charge is 2.17. The summed E-state index contributed by atoms with van der Waals surface area (Å²) < 4.78 is 10.4. The Balaban J connectivity index is 1.82. The van der Waals surface area contributed by atoms with Gasteiger partial charge >= 0.3 is 0 Å². The zero-order valence-corrected chi connectivity index (χ0v) is 13.5. The van der Waals surface area contributed by atoms with Crippen LogP contribution in [0.15, 0.2) is 36.4 Å². The minimum atomic E-state index is -0.238. The van der Waals surface area contributed by atoms with Gasteiger partial charge in [0.05, 0.1) is 19.9 Å². The minimum Gasteiger partial charge on any atom is -0.497 e. The molecule has 24 heavy (non-hydrogen) atoms. The third-order valence-corrected chi connectivity index (χ3v) is 3.92. The number of hydrogen-bond donors (Lipinski definition) is 2. The van der Waals surface area contributed by atoms with Crippen molar-refractivity contribution in [3.63, 3.8) is 0 Å². The molecule has 0 saturated heterocycles. The van der Waals surface area contributed by atoms with Crippen molar-refractivity contribution in [1.82, 2.24) is 0 Å². The van der Waals surface area contributed by atoms with Gasteiger partial charge in [-0.2, -0.15) is 0 Å². The van der Waals surface area contributed by atoms with Gasteiger partial charge in [0.25, 0.3) is 5.91 Å². The molecule has 0 unspecified atom stereocenters. The Labute approximate surface area is 139 Å². The molecule has 1 aliphatic rings. The summed E-state index contributed by atoms with van der Waals surface area (Å²) >= 11 is 0. The number of methoxy groups -OCH3 is 2. The van der Waals surface area contributed by atoms with Gasteiger partial charge in [-0.1, -0.05) is 0 Å². The second-order valence-electron chi connectivity index (χ2n) is 5.44. The number of aryl methyl sites for hydroxylation is 1. The molecule has 3 rings (SSSR count). The van der Waals surface area contributed by atoms with E-state index in [0.29, 0.717) is 35.6 Å². The summed E-state index contributed by atoms with van der Waals surface area (Å²) in [7, 11) is 3.10. The highest BCUT2D eigenvalue weighted by Crippen LogP contribution is 2.30. The van der Waals surface area contributed by atoms with Crippen LogP contribution in [0.2, 0.25) is 0 Å². The van der Waals surface area contributed by atoms with Crippen LogP contribution in [0.1, 0.15) is 22.3 Å². The van der Waals surface area contributed by atoms with Crippen LogP contribution in [0.5, 0.6) is 11.5 Å². The number of amides is 2. The Hall–Kier alpha value is -3.02. The summed E-state index contributed by atoms with van der Waals surface area (Å²) in [4.78, 5) is 23.9. The molecule has 0 aromatic heterocycles. The van der Waals surface area contributed by atoms with E-state index < -0.39 is 0 Å². The number of rotatable bonds is 4. The molecule has 0 radical (unpaired) electrons. The molecule has 6 nitrogen and oxygen atoms in total. The third kappa shape index (κ3) is 3.17. The number of nitrogens with one attached hydrogen (secondary N) is 2. The Morgan fingerprint density at radius 2 is 1.92 bits per heavy atom.